The maximum absolute atomic E-state index is 13.0. The van der Waals surface area contributed by atoms with Crippen LogP contribution in [0, 0.1) is 5.92 Å². The molecule has 0 radical (unpaired) electrons. The number of benzene rings is 1. The van der Waals surface area contributed by atoms with E-state index in [2.05, 4.69) is 9.88 Å². The molecule has 5 nitrogen and oxygen atoms in total. The summed E-state index contributed by atoms with van der Waals surface area (Å²) in [4.78, 5) is 21.5. The van der Waals surface area contributed by atoms with E-state index in [0.29, 0.717) is 11.3 Å². The number of rotatable bonds is 3. The van der Waals surface area contributed by atoms with Gasteiger partial charge < -0.3 is 9.64 Å². The van der Waals surface area contributed by atoms with Crippen molar-refractivity contribution in [2.75, 3.05) is 26.7 Å². The number of carbonyl (C=O) groups excluding carboxylic acids is 1. The lowest BCUT2D eigenvalue weighted by molar-refractivity contribution is 0.0682. The van der Waals surface area contributed by atoms with Crippen LogP contribution in [0.4, 0.5) is 0 Å². The van der Waals surface area contributed by atoms with Crippen LogP contribution in [0.15, 0.2) is 42.7 Å². The number of amides is 1. The molecule has 2 atom stereocenters. The first-order valence-corrected chi connectivity index (χ1v) is 9.39. The fraction of sp³-hybridized carbons (Fsp3) is 0.429. The minimum atomic E-state index is 0.0353. The molecule has 3 aliphatic rings. The number of ether oxygens (including phenoxy) is 1. The number of hydrogen-bond donors (Lipinski definition) is 0. The second kappa shape index (κ2) is 6.09. The molecule has 134 valence electrons. The molecule has 0 unspecified atom stereocenters. The van der Waals surface area contributed by atoms with Crippen molar-refractivity contribution in [3.05, 3.63) is 48.3 Å². The number of likely N-dealkylation sites (N-methyl/N-ethyl adjacent to an activating group) is 1. The fourth-order valence-electron chi connectivity index (χ4n) is 4.15. The average molecular weight is 349 g/mol. The molecule has 1 amide bonds. The summed E-state index contributed by atoms with van der Waals surface area (Å²) in [6.07, 6.45) is 6.33. The molecule has 5 heteroatoms. The first kappa shape index (κ1) is 15.8. The van der Waals surface area contributed by atoms with Crippen molar-refractivity contribution in [3.8, 4) is 16.9 Å². The highest BCUT2D eigenvalue weighted by atomic mass is 16.5. The Hall–Kier alpha value is -2.40. The summed E-state index contributed by atoms with van der Waals surface area (Å²) >= 11 is 0. The van der Waals surface area contributed by atoms with Crippen molar-refractivity contribution in [3.63, 3.8) is 0 Å². The Bertz CT molecular complexity index is 834. The summed E-state index contributed by atoms with van der Waals surface area (Å²) in [5.41, 5.74) is 2.71. The monoisotopic (exact) mass is 349 g/mol. The highest BCUT2D eigenvalue weighted by Gasteiger charge is 2.43. The van der Waals surface area contributed by atoms with Crippen LogP contribution in [-0.4, -0.2) is 59.5 Å². The molecular formula is C21H23N3O2. The fourth-order valence-corrected chi connectivity index (χ4v) is 4.15. The Labute approximate surface area is 153 Å². The van der Waals surface area contributed by atoms with E-state index in [1.807, 2.05) is 48.5 Å². The van der Waals surface area contributed by atoms with Crippen LogP contribution in [-0.2, 0) is 0 Å². The number of carbonyl (C=O) groups is 1. The summed E-state index contributed by atoms with van der Waals surface area (Å²) in [5, 5.41) is 0. The van der Waals surface area contributed by atoms with E-state index < -0.39 is 0 Å². The van der Waals surface area contributed by atoms with E-state index in [1.54, 1.807) is 6.20 Å². The lowest BCUT2D eigenvalue weighted by Gasteiger charge is -2.25. The first-order chi connectivity index (χ1) is 12.7. The van der Waals surface area contributed by atoms with Crippen LogP contribution in [0.1, 0.15) is 23.2 Å². The molecule has 0 spiro atoms. The number of likely N-dealkylation sites (tertiary alicyclic amines) is 1. The third-order valence-electron chi connectivity index (χ3n) is 5.83. The van der Waals surface area contributed by atoms with Gasteiger partial charge in [0.1, 0.15) is 11.9 Å². The van der Waals surface area contributed by atoms with Crippen LogP contribution in [0.5, 0.6) is 5.75 Å². The third kappa shape index (κ3) is 2.76. The van der Waals surface area contributed by atoms with Crippen LogP contribution < -0.4 is 4.74 Å². The van der Waals surface area contributed by atoms with Gasteiger partial charge in [0.2, 0.25) is 0 Å². The van der Waals surface area contributed by atoms with E-state index >= 15 is 0 Å². The van der Waals surface area contributed by atoms with Crippen LogP contribution >= 0.6 is 0 Å². The predicted molar refractivity (Wildman–Crippen MR) is 99.1 cm³/mol. The van der Waals surface area contributed by atoms with E-state index in [4.69, 9.17) is 4.74 Å². The number of aromatic nitrogens is 1. The zero-order chi connectivity index (χ0) is 17.7. The van der Waals surface area contributed by atoms with Crippen molar-refractivity contribution in [2.45, 2.75) is 25.0 Å². The van der Waals surface area contributed by atoms with Gasteiger partial charge in [-0.3, -0.25) is 14.7 Å². The zero-order valence-electron chi connectivity index (χ0n) is 15.0. The SMILES string of the molecule is CN1C(=O)c2ccc(-c3cccnc3)cc2O[C@H]2CN(CC3CC3)C[C@H]21. The molecule has 0 bridgehead atoms. The molecule has 1 saturated carbocycles. The maximum atomic E-state index is 13.0. The molecule has 1 saturated heterocycles. The quantitative estimate of drug-likeness (QED) is 0.855. The Morgan fingerprint density at radius 1 is 1.19 bits per heavy atom. The normalized spacial score (nSPS) is 25.4. The molecule has 0 N–H and O–H groups in total. The molecule has 3 heterocycles. The molecule has 2 fully saturated rings. The topological polar surface area (TPSA) is 45.7 Å². The molecule has 26 heavy (non-hydrogen) atoms. The largest absolute Gasteiger partial charge is 0.486 e. The summed E-state index contributed by atoms with van der Waals surface area (Å²) in [7, 11) is 1.91. The van der Waals surface area contributed by atoms with Gasteiger partial charge in [-0.25, -0.2) is 0 Å². The summed E-state index contributed by atoms with van der Waals surface area (Å²) in [5.74, 6) is 1.60. The molecule has 5 rings (SSSR count). The van der Waals surface area contributed by atoms with Crippen molar-refractivity contribution in [1.82, 2.24) is 14.8 Å². The van der Waals surface area contributed by atoms with Gasteiger partial charge in [-0.05, 0) is 42.5 Å². The smallest absolute Gasteiger partial charge is 0.257 e. The Morgan fingerprint density at radius 3 is 2.85 bits per heavy atom. The first-order valence-electron chi connectivity index (χ1n) is 9.39. The highest BCUT2D eigenvalue weighted by molar-refractivity contribution is 5.98. The number of pyridine rings is 1. The van der Waals surface area contributed by atoms with E-state index in [-0.39, 0.29) is 18.1 Å². The van der Waals surface area contributed by atoms with Gasteiger partial charge >= 0.3 is 0 Å². The van der Waals surface area contributed by atoms with Crippen molar-refractivity contribution >= 4 is 5.91 Å². The van der Waals surface area contributed by atoms with Crippen LogP contribution in [0.3, 0.4) is 0 Å². The predicted octanol–water partition coefficient (Wildman–Crippen LogP) is 2.68. The van der Waals surface area contributed by atoms with Crippen LogP contribution in [0.2, 0.25) is 0 Å². The highest BCUT2D eigenvalue weighted by Crippen LogP contribution is 2.36. The lowest BCUT2D eigenvalue weighted by atomic mass is 10.0. The number of hydrogen-bond acceptors (Lipinski definition) is 4. The van der Waals surface area contributed by atoms with Gasteiger partial charge in [0.25, 0.3) is 5.91 Å². The molecular weight excluding hydrogens is 326 g/mol. The molecule has 1 aliphatic carbocycles. The molecule has 2 aliphatic heterocycles. The Balaban J connectivity index is 1.46. The molecule has 1 aromatic carbocycles. The van der Waals surface area contributed by atoms with Gasteiger partial charge in [0.05, 0.1) is 11.6 Å². The average Bonchev–Trinajstić information content (AvgIpc) is 3.41. The Kier molecular flexibility index (Phi) is 3.71. The second-order valence-corrected chi connectivity index (χ2v) is 7.75. The van der Waals surface area contributed by atoms with Crippen molar-refractivity contribution < 1.29 is 9.53 Å². The third-order valence-corrected chi connectivity index (χ3v) is 5.83. The number of fused-ring (bicyclic) bond motifs is 2. The zero-order valence-corrected chi connectivity index (χ0v) is 15.0. The van der Waals surface area contributed by atoms with E-state index in [0.717, 1.165) is 36.7 Å². The minimum absolute atomic E-state index is 0.0353. The summed E-state index contributed by atoms with van der Waals surface area (Å²) in [6.45, 7) is 2.95. The molecule has 2 aromatic rings. The molecule has 1 aromatic heterocycles. The van der Waals surface area contributed by atoms with E-state index in [1.165, 1.54) is 12.8 Å². The van der Waals surface area contributed by atoms with Crippen LogP contribution in [0.25, 0.3) is 11.1 Å². The second-order valence-electron chi connectivity index (χ2n) is 7.75. The summed E-state index contributed by atoms with van der Waals surface area (Å²) < 4.78 is 6.39. The lowest BCUT2D eigenvalue weighted by Crippen LogP contribution is -2.44. The van der Waals surface area contributed by atoms with Gasteiger partial charge in [-0.15, -0.1) is 0 Å². The standard InChI is InChI=1S/C21H23N3O2/c1-23-18-12-24(11-14-4-5-14)13-20(18)26-19-9-15(6-7-17(19)21(23)25)16-3-2-8-22-10-16/h2-3,6-10,14,18,20H,4-5,11-13H2,1H3/t18-,20+/m1/s1. The van der Waals surface area contributed by atoms with Gasteiger partial charge in [0, 0.05) is 44.6 Å². The van der Waals surface area contributed by atoms with E-state index in [9.17, 15) is 4.79 Å². The van der Waals surface area contributed by atoms with Gasteiger partial charge in [0.15, 0.2) is 0 Å². The maximum Gasteiger partial charge on any atom is 0.257 e. The Morgan fingerprint density at radius 2 is 2.08 bits per heavy atom. The van der Waals surface area contributed by atoms with Gasteiger partial charge in [-0.2, -0.15) is 0 Å². The number of nitrogens with zero attached hydrogens (tertiary/aromatic N) is 3. The van der Waals surface area contributed by atoms with Gasteiger partial charge in [-0.1, -0.05) is 12.1 Å². The minimum Gasteiger partial charge on any atom is -0.486 e. The van der Waals surface area contributed by atoms with Crippen molar-refractivity contribution in [1.29, 1.82) is 0 Å². The summed E-state index contributed by atoms with van der Waals surface area (Å²) in [6, 6.07) is 9.92. The van der Waals surface area contributed by atoms with Crippen molar-refractivity contribution in [2.24, 2.45) is 5.92 Å².